The zero-order chi connectivity index (χ0) is 32.1. The number of nitrogens with zero attached hydrogens (tertiary/aromatic N) is 4. The first-order chi connectivity index (χ1) is 20.5. The van der Waals surface area contributed by atoms with Gasteiger partial charge < -0.3 is 20.9 Å². The number of nitro benzene ring substituents is 1. The number of nitrogens with two attached hydrogens (primary N) is 1. The van der Waals surface area contributed by atoms with E-state index in [1.165, 1.54) is 17.0 Å². The molecule has 1 amide bonds. The van der Waals surface area contributed by atoms with Crippen LogP contribution in [0.15, 0.2) is 54.7 Å². The highest BCUT2D eigenvalue weighted by Gasteiger charge is 2.26. The minimum absolute atomic E-state index is 0.0348. The number of benzene rings is 2. The summed E-state index contributed by atoms with van der Waals surface area (Å²) in [6, 6.07) is 13.5. The molecule has 3 N–H and O–H groups in total. The second-order valence-electron chi connectivity index (χ2n) is 10.6. The molecular weight excluding hydrogens is 547 g/mol. The van der Waals surface area contributed by atoms with E-state index in [1.54, 1.807) is 37.5 Å². The Labute approximate surface area is 254 Å². The number of nitrogens with one attached hydrogen (secondary N) is 1. The number of carbonyl (C=O) groups excluding carboxylic acids is 1. The van der Waals surface area contributed by atoms with E-state index in [0.717, 1.165) is 55.6 Å². The Morgan fingerprint density at radius 1 is 1.14 bits per heavy atom. The monoisotopic (exact) mass is 592 g/mol. The standard InChI is InChI=1S/C14H22FN.C10H15N3.C9H8N2O3/c1-4-9-16(10-5-2)14-8-7-12(6-3)11-13(14)15;1-3-7(2)9(12)10-8(11)5-4-6-13-10;1-10-5-6-2-3-7(11(13)14)4-8(6)9(10)12/h7-8,11H,4-6,9-10H2,1-3H3;4-7,12H,3,11H2,1-2H3;2-4H,5H2,1H3. The minimum Gasteiger partial charge on any atom is -0.397 e. The fourth-order valence-corrected chi connectivity index (χ4v) is 4.55. The number of fused-ring (bicyclic) bond motifs is 1. The molecule has 2 aromatic carbocycles. The minimum atomic E-state index is -0.494. The Morgan fingerprint density at radius 3 is 2.35 bits per heavy atom. The van der Waals surface area contributed by atoms with Crippen molar-refractivity contribution in [3.63, 3.8) is 0 Å². The molecule has 1 aliphatic heterocycles. The predicted molar refractivity (Wildman–Crippen MR) is 172 cm³/mol. The van der Waals surface area contributed by atoms with Crippen LogP contribution in [0.2, 0.25) is 0 Å². The fraction of sp³-hybridized carbons (Fsp3) is 0.424. The van der Waals surface area contributed by atoms with Crippen LogP contribution >= 0.6 is 0 Å². The van der Waals surface area contributed by atoms with Crippen LogP contribution in [0.5, 0.6) is 0 Å². The second kappa shape index (κ2) is 16.9. The summed E-state index contributed by atoms with van der Waals surface area (Å²) in [6.07, 6.45) is 5.60. The topological polar surface area (TPSA) is 129 Å². The molecule has 0 spiro atoms. The largest absolute Gasteiger partial charge is 0.397 e. The van der Waals surface area contributed by atoms with E-state index in [2.05, 4.69) is 30.7 Å². The van der Waals surface area contributed by atoms with Crippen LogP contribution < -0.4 is 10.6 Å². The average Bonchev–Trinajstić information content (AvgIpc) is 3.29. The van der Waals surface area contributed by atoms with E-state index in [-0.39, 0.29) is 23.3 Å². The van der Waals surface area contributed by atoms with E-state index in [0.29, 0.717) is 29.2 Å². The van der Waals surface area contributed by atoms with Crippen LogP contribution in [0.4, 0.5) is 21.5 Å². The summed E-state index contributed by atoms with van der Waals surface area (Å²) in [7, 11) is 1.67. The smallest absolute Gasteiger partial charge is 0.270 e. The van der Waals surface area contributed by atoms with Crippen molar-refractivity contribution in [3.8, 4) is 0 Å². The number of nitrogen functional groups attached to an aromatic ring is 1. The van der Waals surface area contributed by atoms with Gasteiger partial charge in [0.2, 0.25) is 0 Å². The number of rotatable bonds is 10. The van der Waals surface area contributed by atoms with Gasteiger partial charge in [-0.15, -0.1) is 0 Å². The lowest BCUT2D eigenvalue weighted by atomic mass is 9.99. The summed E-state index contributed by atoms with van der Waals surface area (Å²) in [5, 5.41) is 18.3. The van der Waals surface area contributed by atoms with Gasteiger partial charge in [0.15, 0.2) is 0 Å². The number of amides is 1. The number of anilines is 2. The van der Waals surface area contributed by atoms with Crippen LogP contribution in [0, 0.1) is 27.3 Å². The maximum atomic E-state index is 13.9. The van der Waals surface area contributed by atoms with Gasteiger partial charge >= 0.3 is 0 Å². The summed E-state index contributed by atoms with van der Waals surface area (Å²) in [5.41, 5.74) is 10.5. The van der Waals surface area contributed by atoms with Gasteiger partial charge in [-0.1, -0.05) is 40.7 Å². The molecule has 2 heterocycles. The van der Waals surface area contributed by atoms with Crippen molar-refractivity contribution in [3.05, 3.63) is 93.0 Å². The van der Waals surface area contributed by atoms with Crippen LogP contribution in [0.25, 0.3) is 0 Å². The summed E-state index contributed by atoms with van der Waals surface area (Å²) in [6.45, 7) is 12.7. The number of non-ortho nitro benzene ring substituents is 1. The molecular formula is C33H45FN6O3. The highest BCUT2D eigenvalue weighted by atomic mass is 19.1. The van der Waals surface area contributed by atoms with Crippen LogP contribution in [0.3, 0.4) is 0 Å². The number of aryl methyl sites for hydroxylation is 1. The summed E-state index contributed by atoms with van der Waals surface area (Å²) < 4.78 is 13.9. The van der Waals surface area contributed by atoms with Gasteiger partial charge in [0.1, 0.15) is 11.5 Å². The Hall–Kier alpha value is -4.34. The Morgan fingerprint density at radius 2 is 1.81 bits per heavy atom. The molecule has 0 fully saturated rings. The molecule has 10 heteroatoms. The van der Waals surface area contributed by atoms with Crippen molar-refractivity contribution in [2.45, 2.75) is 66.8 Å². The first-order valence-corrected chi connectivity index (χ1v) is 14.8. The lowest BCUT2D eigenvalue weighted by molar-refractivity contribution is -0.384. The van der Waals surface area contributed by atoms with Gasteiger partial charge in [-0.05, 0) is 73.1 Å². The summed E-state index contributed by atoms with van der Waals surface area (Å²) >= 11 is 0. The fourth-order valence-electron chi connectivity index (χ4n) is 4.55. The maximum Gasteiger partial charge on any atom is 0.270 e. The van der Waals surface area contributed by atoms with E-state index in [9.17, 15) is 19.3 Å². The van der Waals surface area contributed by atoms with Gasteiger partial charge in [-0.2, -0.15) is 0 Å². The molecule has 0 bridgehead atoms. The molecule has 1 unspecified atom stereocenters. The average molecular weight is 593 g/mol. The van der Waals surface area contributed by atoms with Gasteiger partial charge in [-0.3, -0.25) is 19.9 Å². The van der Waals surface area contributed by atoms with Crippen LogP contribution in [0.1, 0.15) is 81.1 Å². The molecule has 232 valence electrons. The Kier molecular flexibility index (Phi) is 13.7. The lowest BCUT2D eigenvalue weighted by Gasteiger charge is -2.24. The molecule has 0 aliphatic carbocycles. The van der Waals surface area contributed by atoms with Crippen LogP contribution in [-0.4, -0.2) is 46.6 Å². The lowest BCUT2D eigenvalue weighted by Crippen LogP contribution is -2.25. The van der Waals surface area contributed by atoms with E-state index in [4.69, 9.17) is 11.1 Å². The molecule has 4 rings (SSSR count). The highest BCUT2D eigenvalue weighted by Crippen LogP contribution is 2.25. The first kappa shape index (κ1) is 34.9. The molecule has 0 saturated heterocycles. The van der Waals surface area contributed by atoms with Crippen molar-refractivity contribution < 1.29 is 14.1 Å². The molecule has 1 aliphatic rings. The third-order valence-electron chi connectivity index (χ3n) is 7.24. The summed E-state index contributed by atoms with van der Waals surface area (Å²) in [4.78, 5) is 29.2. The van der Waals surface area contributed by atoms with Gasteiger partial charge in [0.05, 0.1) is 27.6 Å². The maximum absolute atomic E-state index is 13.9. The van der Waals surface area contributed by atoms with E-state index in [1.807, 2.05) is 26.0 Å². The third-order valence-corrected chi connectivity index (χ3v) is 7.24. The Balaban J connectivity index is 0.000000226. The zero-order valence-electron chi connectivity index (χ0n) is 26.2. The van der Waals surface area contributed by atoms with Crippen molar-refractivity contribution in [1.82, 2.24) is 9.88 Å². The van der Waals surface area contributed by atoms with Crippen molar-refractivity contribution in [1.29, 1.82) is 5.41 Å². The quantitative estimate of drug-likeness (QED) is 0.145. The molecule has 3 aromatic rings. The predicted octanol–water partition coefficient (Wildman–Crippen LogP) is 7.27. The van der Waals surface area contributed by atoms with Crippen molar-refractivity contribution in [2.24, 2.45) is 5.92 Å². The van der Waals surface area contributed by atoms with Crippen molar-refractivity contribution >= 4 is 28.7 Å². The van der Waals surface area contributed by atoms with Crippen LogP contribution in [-0.2, 0) is 13.0 Å². The molecule has 0 saturated carbocycles. The number of pyridine rings is 1. The zero-order valence-corrected chi connectivity index (χ0v) is 26.2. The van der Waals surface area contributed by atoms with Gasteiger partial charge in [-0.25, -0.2) is 4.39 Å². The molecule has 1 aromatic heterocycles. The summed E-state index contributed by atoms with van der Waals surface area (Å²) in [5.74, 6) is -0.0119. The molecule has 9 nitrogen and oxygen atoms in total. The van der Waals surface area contributed by atoms with Gasteiger partial charge in [0.25, 0.3) is 11.6 Å². The number of hydrogen-bond donors (Lipinski definition) is 2. The van der Waals surface area contributed by atoms with E-state index >= 15 is 0 Å². The normalized spacial score (nSPS) is 12.3. The van der Waals surface area contributed by atoms with Crippen molar-refractivity contribution in [2.75, 3.05) is 30.8 Å². The number of carbonyl (C=O) groups is 1. The van der Waals surface area contributed by atoms with Gasteiger partial charge in [0, 0.05) is 45.0 Å². The SMILES string of the molecule is CCC(C)C(=N)c1ncccc1N.CCCN(CCC)c1ccc(CC)cc1F.CN1Cc2ccc([N+](=O)[O-])cc2C1=O. The molecule has 43 heavy (non-hydrogen) atoms. The number of aromatic nitrogens is 1. The number of nitro groups is 1. The number of hydrogen-bond acceptors (Lipinski definition) is 7. The molecule has 0 radical (unpaired) electrons. The Bertz CT molecular complexity index is 1390. The number of halogens is 1. The molecule has 1 atom stereocenters. The highest BCUT2D eigenvalue weighted by molar-refractivity contribution is 6.02. The van der Waals surface area contributed by atoms with E-state index < -0.39 is 4.92 Å². The first-order valence-electron chi connectivity index (χ1n) is 14.8. The third kappa shape index (κ3) is 9.59. The second-order valence-corrected chi connectivity index (χ2v) is 10.6.